The molecule has 26 heavy (non-hydrogen) atoms. The van der Waals surface area contributed by atoms with Crippen LogP contribution in [-0.2, 0) is 28.5 Å². The SMILES string of the molecule is CCCCCC[C@H]1C[C@H]2C[C@@](Cl)(C(=O)OC)C(OC)(OC)[C@@]2(Cl)C(=O)O1. The second-order valence-corrected chi connectivity index (χ2v) is 8.28. The van der Waals surface area contributed by atoms with Gasteiger partial charge in [-0.05, 0) is 25.7 Å². The van der Waals surface area contributed by atoms with Crippen molar-refractivity contribution in [2.24, 2.45) is 5.92 Å². The second kappa shape index (κ2) is 8.21. The summed E-state index contributed by atoms with van der Waals surface area (Å²) in [7, 11) is 3.83. The molecule has 2 fully saturated rings. The van der Waals surface area contributed by atoms with Gasteiger partial charge in [0.05, 0.1) is 7.11 Å². The maximum absolute atomic E-state index is 12.9. The number of hydrogen-bond acceptors (Lipinski definition) is 6. The molecule has 150 valence electrons. The fourth-order valence-corrected chi connectivity index (χ4v) is 5.52. The Balaban J connectivity index is 2.31. The molecule has 6 nitrogen and oxygen atoms in total. The van der Waals surface area contributed by atoms with Crippen molar-refractivity contribution in [1.82, 2.24) is 0 Å². The summed E-state index contributed by atoms with van der Waals surface area (Å²) in [6, 6.07) is 0. The molecule has 0 aromatic rings. The number of ether oxygens (including phenoxy) is 4. The molecule has 1 aliphatic carbocycles. The normalized spacial score (nSPS) is 35.7. The molecule has 4 atom stereocenters. The molecule has 2 rings (SSSR count). The van der Waals surface area contributed by atoms with Crippen LogP contribution in [0.4, 0.5) is 0 Å². The summed E-state index contributed by atoms with van der Waals surface area (Å²) in [6.45, 7) is 2.14. The predicted molar refractivity (Wildman–Crippen MR) is 97.3 cm³/mol. The molecule has 0 amide bonds. The number of unbranched alkanes of at least 4 members (excludes halogenated alkanes) is 3. The molecule has 1 saturated carbocycles. The number of carbonyl (C=O) groups is 2. The summed E-state index contributed by atoms with van der Waals surface area (Å²) in [6.07, 6.45) is 5.45. The van der Waals surface area contributed by atoms with E-state index in [1.54, 1.807) is 0 Å². The van der Waals surface area contributed by atoms with Crippen LogP contribution in [0, 0.1) is 5.92 Å². The highest BCUT2D eigenvalue weighted by Gasteiger charge is 2.81. The maximum atomic E-state index is 12.9. The lowest BCUT2D eigenvalue weighted by molar-refractivity contribution is -0.249. The molecular weight excluding hydrogens is 383 g/mol. The molecule has 1 heterocycles. The highest BCUT2D eigenvalue weighted by atomic mass is 35.5. The smallest absolute Gasteiger partial charge is 0.333 e. The van der Waals surface area contributed by atoms with Gasteiger partial charge in [0.15, 0.2) is 4.87 Å². The van der Waals surface area contributed by atoms with Crippen molar-refractivity contribution in [2.75, 3.05) is 21.3 Å². The lowest BCUT2D eigenvalue weighted by Crippen LogP contribution is -2.68. The van der Waals surface area contributed by atoms with Gasteiger partial charge in [0.1, 0.15) is 6.10 Å². The molecule has 0 spiro atoms. The van der Waals surface area contributed by atoms with Crippen molar-refractivity contribution in [2.45, 2.75) is 73.5 Å². The van der Waals surface area contributed by atoms with Crippen LogP contribution in [0.25, 0.3) is 0 Å². The summed E-state index contributed by atoms with van der Waals surface area (Å²) < 4.78 is 21.4. The predicted octanol–water partition coefficient (Wildman–Crippen LogP) is 3.41. The first-order valence-electron chi connectivity index (χ1n) is 9.05. The Labute approximate surface area is 164 Å². The van der Waals surface area contributed by atoms with Crippen LogP contribution in [0.3, 0.4) is 0 Å². The summed E-state index contributed by atoms with van der Waals surface area (Å²) in [5, 5.41) is 0. The van der Waals surface area contributed by atoms with Gasteiger partial charge in [0, 0.05) is 20.1 Å². The lowest BCUT2D eigenvalue weighted by Gasteiger charge is -2.46. The number of cyclic esters (lactones) is 1. The first kappa shape index (κ1) is 21.7. The minimum Gasteiger partial charge on any atom is -0.468 e. The van der Waals surface area contributed by atoms with Crippen LogP contribution in [0.2, 0.25) is 0 Å². The highest BCUT2D eigenvalue weighted by Crippen LogP contribution is 2.62. The third-order valence-electron chi connectivity index (χ3n) is 5.67. The number of alkyl halides is 2. The minimum atomic E-state index is -1.88. The zero-order valence-corrected chi connectivity index (χ0v) is 17.3. The third-order valence-corrected chi connectivity index (χ3v) is 6.94. The van der Waals surface area contributed by atoms with E-state index in [2.05, 4.69) is 6.92 Å². The second-order valence-electron chi connectivity index (χ2n) is 7.04. The quantitative estimate of drug-likeness (QED) is 0.264. The number of esters is 2. The molecule has 0 N–H and O–H groups in total. The molecule has 0 bridgehead atoms. The van der Waals surface area contributed by atoms with E-state index < -0.39 is 33.4 Å². The lowest BCUT2D eigenvalue weighted by atomic mass is 9.83. The fourth-order valence-electron chi connectivity index (χ4n) is 4.38. The first-order valence-corrected chi connectivity index (χ1v) is 9.80. The Hall–Kier alpha value is -0.560. The molecule has 2 aliphatic rings. The van der Waals surface area contributed by atoms with E-state index in [-0.39, 0.29) is 12.5 Å². The number of halogens is 2. The molecule has 0 radical (unpaired) electrons. The van der Waals surface area contributed by atoms with E-state index in [1.165, 1.54) is 21.3 Å². The standard InChI is InChI=1S/C18H28Cl2O6/c1-5-6-7-8-9-13-10-12-11-16(19,14(21)23-2)18(24-3,25-4)17(12,20)15(22)26-13/h12-13H,5-11H2,1-4H3/t12-,13-,16+,17-/m0/s1. The average Bonchev–Trinajstić information content (AvgIpc) is 2.83. The van der Waals surface area contributed by atoms with E-state index in [1.807, 2.05) is 0 Å². The summed E-state index contributed by atoms with van der Waals surface area (Å²) in [5.41, 5.74) is 0. The van der Waals surface area contributed by atoms with E-state index in [0.29, 0.717) is 6.42 Å². The van der Waals surface area contributed by atoms with Crippen LogP contribution in [0.1, 0.15) is 51.9 Å². The Bertz CT molecular complexity index is 538. The first-order chi connectivity index (χ1) is 12.3. The number of carbonyl (C=O) groups excluding carboxylic acids is 2. The van der Waals surface area contributed by atoms with E-state index in [0.717, 1.165) is 32.1 Å². The zero-order chi connectivity index (χ0) is 19.6. The van der Waals surface area contributed by atoms with Crippen molar-refractivity contribution in [3.8, 4) is 0 Å². The van der Waals surface area contributed by atoms with Gasteiger partial charge in [-0.25, -0.2) is 9.59 Å². The van der Waals surface area contributed by atoms with E-state index >= 15 is 0 Å². The van der Waals surface area contributed by atoms with Gasteiger partial charge in [-0.3, -0.25) is 0 Å². The highest BCUT2D eigenvalue weighted by molar-refractivity contribution is 6.41. The van der Waals surface area contributed by atoms with Crippen LogP contribution >= 0.6 is 23.2 Å². The molecule has 0 unspecified atom stereocenters. The molecule has 0 aromatic carbocycles. The Morgan fingerprint density at radius 3 is 2.38 bits per heavy atom. The average molecular weight is 411 g/mol. The van der Waals surface area contributed by atoms with Crippen molar-refractivity contribution < 1.29 is 28.5 Å². The van der Waals surface area contributed by atoms with Crippen molar-refractivity contribution >= 4 is 35.1 Å². The summed E-state index contributed by atoms with van der Waals surface area (Å²) in [4.78, 5) is 21.9. The third kappa shape index (κ3) is 3.03. The van der Waals surface area contributed by atoms with Crippen LogP contribution in [0.5, 0.6) is 0 Å². The topological polar surface area (TPSA) is 71.1 Å². The molecule has 1 saturated heterocycles. The Kier molecular flexibility index (Phi) is 6.86. The van der Waals surface area contributed by atoms with Crippen LogP contribution in [0.15, 0.2) is 0 Å². The van der Waals surface area contributed by atoms with Crippen LogP contribution in [-0.4, -0.2) is 54.9 Å². The van der Waals surface area contributed by atoms with E-state index in [4.69, 9.17) is 42.1 Å². The number of methoxy groups -OCH3 is 3. The molecule has 1 aliphatic heterocycles. The van der Waals surface area contributed by atoms with Crippen molar-refractivity contribution in [3.63, 3.8) is 0 Å². The van der Waals surface area contributed by atoms with Gasteiger partial charge in [-0.2, -0.15) is 0 Å². The fraction of sp³-hybridized carbons (Fsp3) is 0.889. The monoisotopic (exact) mass is 410 g/mol. The largest absolute Gasteiger partial charge is 0.468 e. The molecule has 0 aromatic heterocycles. The molecule has 8 heteroatoms. The van der Waals surface area contributed by atoms with Crippen molar-refractivity contribution in [3.05, 3.63) is 0 Å². The Morgan fingerprint density at radius 2 is 1.85 bits per heavy atom. The van der Waals surface area contributed by atoms with Gasteiger partial charge >= 0.3 is 11.9 Å². The van der Waals surface area contributed by atoms with Crippen LogP contribution < -0.4 is 0 Å². The van der Waals surface area contributed by atoms with Crippen molar-refractivity contribution in [1.29, 1.82) is 0 Å². The number of hydrogen-bond donors (Lipinski definition) is 0. The molecular formula is C18H28Cl2O6. The minimum absolute atomic E-state index is 0.104. The maximum Gasteiger partial charge on any atom is 0.333 e. The van der Waals surface area contributed by atoms with Gasteiger partial charge in [0.25, 0.3) is 0 Å². The Morgan fingerprint density at radius 1 is 1.19 bits per heavy atom. The van der Waals surface area contributed by atoms with E-state index in [9.17, 15) is 9.59 Å². The van der Waals surface area contributed by atoms with Gasteiger partial charge in [-0.15, -0.1) is 23.2 Å². The van der Waals surface area contributed by atoms with Gasteiger partial charge < -0.3 is 18.9 Å². The zero-order valence-electron chi connectivity index (χ0n) is 15.8. The summed E-state index contributed by atoms with van der Waals surface area (Å²) >= 11 is 13.4. The number of rotatable bonds is 8. The number of fused-ring (bicyclic) bond motifs is 1. The summed E-state index contributed by atoms with van der Waals surface area (Å²) in [5.74, 6) is -3.72. The van der Waals surface area contributed by atoms with Gasteiger partial charge in [0.2, 0.25) is 10.7 Å². The van der Waals surface area contributed by atoms with Gasteiger partial charge in [-0.1, -0.05) is 26.2 Å².